The van der Waals surface area contributed by atoms with Crippen LogP contribution in [0.15, 0.2) is 5.38 Å². The molecule has 5 nitrogen and oxygen atoms in total. The highest BCUT2D eigenvalue weighted by Gasteiger charge is 2.39. The van der Waals surface area contributed by atoms with Crippen LogP contribution in [0.4, 0.5) is 5.13 Å². The summed E-state index contributed by atoms with van der Waals surface area (Å²) in [5, 5.41) is 8.24. The molecule has 6 heteroatoms. The van der Waals surface area contributed by atoms with Crippen LogP contribution in [0.3, 0.4) is 0 Å². The molecule has 1 heterocycles. The fraction of sp³-hybridized carbons (Fsp3) is 0.706. The van der Waals surface area contributed by atoms with Crippen molar-refractivity contribution in [3.05, 3.63) is 11.1 Å². The van der Waals surface area contributed by atoms with Crippen molar-refractivity contribution in [1.82, 2.24) is 10.3 Å². The number of aromatic nitrogens is 1. The second kappa shape index (κ2) is 6.99. The molecule has 23 heavy (non-hydrogen) atoms. The van der Waals surface area contributed by atoms with Crippen molar-refractivity contribution >= 4 is 28.3 Å². The number of nitrogens with one attached hydrogen (secondary N) is 2. The van der Waals surface area contributed by atoms with Gasteiger partial charge in [-0.15, -0.1) is 11.3 Å². The molecule has 2 N–H and O–H groups in total. The standard InChI is InChI=1S/C17H25N3O2S/c1-10(2)16(22)20-17-19-14(9-23-17)7-15(21)18-8-13-6-11-3-4-12(13)5-11/h9-13H,3-8H2,1-2H3,(H,18,21)(H,19,20,22)/t11-,12-,13+/m0/s1. The van der Waals surface area contributed by atoms with Gasteiger partial charge < -0.3 is 10.6 Å². The maximum absolute atomic E-state index is 12.1. The second-order valence-corrected chi connectivity index (χ2v) is 8.06. The number of carbonyl (C=O) groups excluding carboxylic acids is 2. The van der Waals surface area contributed by atoms with E-state index in [9.17, 15) is 9.59 Å². The highest BCUT2D eigenvalue weighted by atomic mass is 32.1. The molecule has 0 unspecified atom stereocenters. The van der Waals surface area contributed by atoms with E-state index < -0.39 is 0 Å². The predicted octanol–water partition coefficient (Wildman–Crippen LogP) is 2.83. The fourth-order valence-electron chi connectivity index (χ4n) is 3.79. The highest BCUT2D eigenvalue weighted by molar-refractivity contribution is 7.13. The summed E-state index contributed by atoms with van der Waals surface area (Å²) >= 11 is 1.37. The van der Waals surface area contributed by atoms with Crippen molar-refractivity contribution in [3.63, 3.8) is 0 Å². The first kappa shape index (κ1) is 16.4. The third-order valence-corrected chi connectivity index (χ3v) is 5.90. The van der Waals surface area contributed by atoms with E-state index >= 15 is 0 Å². The topological polar surface area (TPSA) is 71.1 Å². The molecule has 1 aromatic heterocycles. The first-order valence-electron chi connectivity index (χ1n) is 8.53. The Balaban J connectivity index is 1.43. The fourth-order valence-corrected chi connectivity index (χ4v) is 4.51. The summed E-state index contributed by atoms with van der Waals surface area (Å²) in [5.74, 6) is 2.32. The van der Waals surface area contributed by atoms with E-state index in [4.69, 9.17) is 0 Å². The number of fused-ring (bicyclic) bond motifs is 2. The van der Waals surface area contributed by atoms with Crippen molar-refractivity contribution in [1.29, 1.82) is 0 Å². The third kappa shape index (κ3) is 4.10. The van der Waals surface area contributed by atoms with Crippen molar-refractivity contribution in [2.75, 3.05) is 11.9 Å². The van der Waals surface area contributed by atoms with Crippen LogP contribution in [-0.4, -0.2) is 23.3 Å². The van der Waals surface area contributed by atoms with Crippen LogP contribution in [0.25, 0.3) is 0 Å². The van der Waals surface area contributed by atoms with E-state index in [2.05, 4.69) is 15.6 Å². The summed E-state index contributed by atoms with van der Waals surface area (Å²) in [6, 6.07) is 0. The molecule has 0 aliphatic heterocycles. The van der Waals surface area contributed by atoms with Gasteiger partial charge in [-0.1, -0.05) is 20.3 Å². The molecule has 2 fully saturated rings. The summed E-state index contributed by atoms with van der Waals surface area (Å²) in [4.78, 5) is 28.0. The molecule has 2 aliphatic carbocycles. The molecular weight excluding hydrogens is 310 g/mol. The van der Waals surface area contributed by atoms with Crippen LogP contribution in [0.2, 0.25) is 0 Å². The van der Waals surface area contributed by atoms with E-state index in [-0.39, 0.29) is 24.2 Å². The number of hydrogen-bond donors (Lipinski definition) is 2. The lowest BCUT2D eigenvalue weighted by Crippen LogP contribution is -2.32. The molecule has 0 aromatic carbocycles. The molecule has 2 bridgehead atoms. The summed E-state index contributed by atoms with van der Waals surface area (Å²) in [6.45, 7) is 4.49. The smallest absolute Gasteiger partial charge is 0.228 e. The number of carbonyl (C=O) groups is 2. The molecule has 2 amide bonds. The molecule has 2 saturated carbocycles. The van der Waals surface area contributed by atoms with E-state index in [1.165, 1.54) is 37.0 Å². The second-order valence-electron chi connectivity index (χ2n) is 7.20. The van der Waals surface area contributed by atoms with Crippen LogP contribution in [0.5, 0.6) is 0 Å². The van der Waals surface area contributed by atoms with Gasteiger partial charge in [0, 0.05) is 17.8 Å². The Morgan fingerprint density at radius 2 is 2.17 bits per heavy atom. The van der Waals surface area contributed by atoms with E-state index in [1.807, 2.05) is 19.2 Å². The number of rotatable bonds is 6. The van der Waals surface area contributed by atoms with Crippen molar-refractivity contribution in [3.8, 4) is 0 Å². The van der Waals surface area contributed by atoms with Gasteiger partial charge in [-0.05, 0) is 37.0 Å². The zero-order chi connectivity index (χ0) is 16.4. The minimum absolute atomic E-state index is 0.0276. The molecule has 3 rings (SSSR count). The van der Waals surface area contributed by atoms with Crippen LogP contribution >= 0.6 is 11.3 Å². The summed E-state index contributed by atoms with van der Waals surface area (Å²) in [7, 11) is 0. The molecule has 3 atom stereocenters. The van der Waals surface area contributed by atoms with Gasteiger partial charge in [-0.3, -0.25) is 9.59 Å². The van der Waals surface area contributed by atoms with Gasteiger partial charge in [0.2, 0.25) is 11.8 Å². The minimum Gasteiger partial charge on any atom is -0.355 e. The first-order chi connectivity index (χ1) is 11.0. The van der Waals surface area contributed by atoms with Crippen molar-refractivity contribution in [2.24, 2.45) is 23.7 Å². The molecule has 2 aliphatic rings. The Morgan fingerprint density at radius 1 is 1.35 bits per heavy atom. The van der Waals surface area contributed by atoms with Gasteiger partial charge in [0.1, 0.15) is 0 Å². The van der Waals surface area contributed by atoms with Gasteiger partial charge in [0.15, 0.2) is 5.13 Å². The van der Waals surface area contributed by atoms with Crippen LogP contribution in [0.1, 0.15) is 45.2 Å². The lowest BCUT2D eigenvalue weighted by atomic mass is 9.89. The van der Waals surface area contributed by atoms with Crippen LogP contribution < -0.4 is 10.6 Å². The zero-order valence-electron chi connectivity index (χ0n) is 13.8. The van der Waals surface area contributed by atoms with Gasteiger partial charge in [-0.25, -0.2) is 4.98 Å². The van der Waals surface area contributed by atoms with Gasteiger partial charge >= 0.3 is 0 Å². The maximum Gasteiger partial charge on any atom is 0.228 e. The number of hydrogen-bond acceptors (Lipinski definition) is 4. The Hall–Kier alpha value is -1.43. The van der Waals surface area contributed by atoms with Crippen LogP contribution in [-0.2, 0) is 16.0 Å². The Kier molecular flexibility index (Phi) is 4.99. The largest absolute Gasteiger partial charge is 0.355 e. The zero-order valence-corrected chi connectivity index (χ0v) is 14.6. The summed E-state index contributed by atoms with van der Waals surface area (Å²) in [6.07, 6.45) is 5.67. The molecule has 0 spiro atoms. The average molecular weight is 335 g/mol. The number of amides is 2. The number of thiazole rings is 1. The molecular formula is C17H25N3O2S. The third-order valence-electron chi connectivity index (χ3n) is 5.09. The Labute approximate surface area is 141 Å². The summed E-state index contributed by atoms with van der Waals surface area (Å²) < 4.78 is 0. The van der Waals surface area contributed by atoms with Gasteiger partial charge in [-0.2, -0.15) is 0 Å². The predicted molar refractivity (Wildman–Crippen MR) is 91.2 cm³/mol. The van der Waals surface area contributed by atoms with Gasteiger partial charge in [0.25, 0.3) is 0 Å². The Bertz CT molecular complexity index is 584. The van der Waals surface area contributed by atoms with Crippen molar-refractivity contribution in [2.45, 2.75) is 46.0 Å². The first-order valence-corrected chi connectivity index (χ1v) is 9.41. The van der Waals surface area contributed by atoms with Gasteiger partial charge in [0.05, 0.1) is 12.1 Å². The SMILES string of the molecule is CC(C)C(=O)Nc1nc(CC(=O)NC[C@H]2C[C@H]3CC[C@H]2C3)cs1. The number of anilines is 1. The highest BCUT2D eigenvalue weighted by Crippen LogP contribution is 2.47. The molecule has 0 radical (unpaired) electrons. The lowest BCUT2D eigenvalue weighted by Gasteiger charge is -2.21. The number of nitrogens with zero attached hydrogens (tertiary/aromatic N) is 1. The molecule has 126 valence electrons. The van der Waals surface area contributed by atoms with Crippen LogP contribution in [0, 0.1) is 23.7 Å². The van der Waals surface area contributed by atoms with E-state index in [1.54, 1.807) is 0 Å². The Morgan fingerprint density at radius 3 is 2.83 bits per heavy atom. The normalized spacial score (nSPS) is 25.8. The average Bonchev–Trinajstić information content (AvgIpc) is 3.22. The summed E-state index contributed by atoms with van der Waals surface area (Å²) in [5.41, 5.74) is 0.722. The minimum atomic E-state index is -0.0765. The lowest BCUT2D eigenvalue weighted by molar-refractivity contribution is -0.121. The maximum atomic E-state index is 12.1. The molecule has 0 saturated heterocycles. The van der Waals surface area contributed by atoms with E-state index in [0.717, 1.165) is 24.1 Å². The quantitative estimate of drug-likeness (QED) is 0.840. The van der Waals surface area contributed by atoms with E-state index in [0.29, 0.717) is 11.0 Å². The van der Waals surface area contributed by atoms with Crippen molar-refractivity contribution < 1.29 is 9.59 Å². The molecule has 1 aromatic rings. The monoisotopic (exact) mass is 335 g/mol.